The molecule has 0 spiro atoms. The summed E-state index contributed by atoms with van der Waals surface area (Å²) < 4.78 is 39.0. The highest BCUT2D eigenvalue weighted by Crippen LogP contribution is 2.61. The van der Waals surface area contributed by atoms with Crippen molar-refractivity contribution in [3.05, 3.63) is 29.3 Å². The van der Waals surface area contributed by atoms with Crippen molar-refractivity contribution < 1.29 is 57.1 Å². The minimum absolute atomic E-state index is 0.0178. The first-order valence-corrected chi connectivity index (χ1v) is 15.5. The molecule has 1 aromatic rings. The van der Waals surface area contributed by atoms with Gasteiger partial charge in [-0.05, 0) is 79.5 Å². The van der Waals surface area contributed by atoms with Gasteiger partial charge in [0.25, 0.3) is 0 Å². The molecule has 246 valence electrons. The van der Waals surface area contributed by atoms with E-state index in [0.717, 1.165) is 65.0 Å². The lowest BCUT2D eigenvalue weighted by Crippen LogP contribution is -2.64. The third kappa shape index (κ3) is 6.52. The number of rotatable bonds is 7. The summed E-state index contributed by atoms with van der Waals surface area (Å²) in [7, 11) is 1.14. The Morgan fingerprint density at radius 1 is 0.800 bits per heavy atom. The van der Waals surface area contributed by atoms with Crippen LogP contribution in [0.5, 0.6) is 5.75 Å². The van der Waals surface area contributed by atoms with E-state index in [1.807, 2.05) is 12.1 Å². The second-order valence-corrected chi connectivity index (χ2v) is 12.8. The number of carbonyl (C=O) groups excluding carboxylic acids is 5. The SMILES string of the molecule is COC(=O)[C@H]1O[C@@H](Oc2ccc3c(c2)CC[C@@H]2[C@@H]3CC[C@]3(C)[C@H](OC(C)=O)CC[C@@H]23)[C@H](OC(C)=O)[C@@H](OC(C)=O)[C@@H]1OC(C)=O. The molecule has 12 nitrogen and oxygen atoms in total. The van der Waals surface area contributed by atoms with Crippen LogP contribution in [0.1, 0.15) is 83.8 Å². The third-order valence-corrected chi connectivity index (χ3v) is 10.0. The maximum absolute atomic E-state index is 12.7. The van der Waals surface area contributed by atoms with Gasteiger partial charge in [-0.2, -0.15) is 0 Å². The predicted molar refractivity (Wildman–Crippen MR) is 155 cm³/mol. The van der Waals surface area contributed by atoms with Crippen LogP contribution in [0.4, 0.5) is 0 Å². The molecule has 2 saturated carbocycles. The molecule has 4 aliphatic rings. The molecular formula is C33H42O12. The summed E-state index contributed by atoms with van der Waals surface area (Å²) in [5, 5.41) is 0. The van der Waals surface area contributed by atoms with Crippen LogP contribution in [-0.4, -0.2) is 73.8 Å². The van der Waals surface area contributed by atoms with Gasteiger partial charge in [-0.3, -0.25) is 19.2 Å². The van der Waals surface area contributed by atoms with Gasteiger partial charge < -0.3 is 33.2 Å². The lowest BCUT2D eigenvalue weighted by atomic mass is 9.55. The molecule has 0 bridgehead atoms. The highest BCUT2D eigenvalue weighted by Gasteiger charge is 2.57. The van der Waals surface area contributed by atoms with Crippen LogP contribution in [0.25, 0.3) is 0 Å². The van der Waals surface area contributed by atoms with Gasteiger partial charge in [-0.1, -0.05) is 13.0 Å². The number of ether oxygens (including phenoxy) is 7. The largest absolute Gasteiger partial charge is 0.467 e. The van der Waals surface area contributed by atoms with Gasteiger partial charge in [0.2, 0.25) is 12.4 Å². The zero-order valence-electron chi connectivity index (χ0n) is 26.6. The number of hydrogen-bond acceptors (Lipinski definition) is 12. The van der Waals surface area contributed by atoms with Crippen molar-refractivity contribution in [3.8, 4) is 5.75 Å². The summed E-state index contributed by atoms with van der Waals surface area (Å²) in [5.41, 5.74) is 2.37. The Labute approximate surface area is 262 Å². The van der Waals surface area contributed by atoms with Gasteiger partial charge in [0.1, 0.15) is 11.9 Å². The van der Waals surface area contributed by atoms with E-state index < -0.39 is 54.6 Å². The van der Waals surface area contributed by atoms with Crippen molar-refractivity contribution in [2.75, 3.05) is 7.11 Å². The van der Waals surface area contributed by atoms with Crippen molar-refractivity contribution >= 4 is 29.8 Å². The van der Waals surface area contributed by atoms with E-state index in [1.54, 1.807) is 0 Å². The van der Waals surface area contributed by atoms with Crippen LogP contribution in [0, 0.1) is 17.3 Å². The quantitative estimate of drug-likeness (QED) is 0.320. The monoisotopic (exact) mass is 630 g/mol. The molecule has 3 fully saturated rings. The van der Waals surface area contributed by atoms with Crippen LogP contribution in [0.15, 0.2) is 18.2 Å². The van der Waals surface area contributed by atoms with Crippen molar-refractivity contribution in [1.29, 1.82) is 0 Å². The average molecular weight is 631 g/mol. The molecule has 3 aliphatic carbocycles. The van der Waals surface area contributed by atoms with E-state index in [9.17, 15) is 24.0 Å². The second kappa shape index (κ2) is 13.0. The molecule has 1 aliphatic heterocycles. The summed E-state index contributed by atoms with van der Waals surface area (Å²) >= 11 is 0. The maximum atomic E-state index is 12.7. The molecule has 0 amide bonds. The fourth-order valence-corrected chi connectivity index (χ4v) is 8.29. The Bertz CT molecular complexity index is 1340. The van der Waals surface area contributed by atoms with E-state index in [4.69, 9.17) is 33.2 Å². The van der Waals surface area contributed by atoms with Crippen molar-refractivity contribution in [2.24, 2.45) is 17.3 Å². The predicted octanol–water partition coefficient (Wildman–Crippen LogP) is 3.55. The molecule has 1 heterocycles. The van der Waals surface area contributed by atoms with Gasteiger partial charge >= 0.3 is 29.8 Å². The number of aryl methyl sites for hydroxylation is 1. The number of hydrogen-bond donors (Lipinski definition) is 0. The smallest absolute Gasteiger partial charge is 0.339 e. The van der Waals surface area contributed by atoms with Gasteiger partial charge in [0, 0.05) is 33.1 Å². The normalized spacial score (nSPS) is 35.0. The molecule has 1 saturated heterocycles. The topological polar surface area (TPSA) is 150 Å². The molecule has 0 N–H and O–H groups in total. The first-order chi connectivity index (χ1) is 21.3. The second-order valence-electron chi connectivity index (χ2n) is 12.8. The first kappa shape index (κ1) is 32.7. The molecular weight excluding hydrogens is 588 g/mol. The molecule has 45 heavy (non-hydrogen) atoms. The van der Waals surface area contributed by atoms with E-state index in [0.29, 0.717) is 23.5 Å². The van der Waals surface area contributed by atoms with Gasteiger partial charge in [-0.25, -0.2) is 4.79 Å². The van der Waals surface area contributed by atoms with Gasteiger partial charge in [-0.15, -0.1) is 0 Å². The molecule has 0 radical (unpaired) electrons. The Morgan fingerprint density at radius 2 is 1.44 bits per heavy atom. The van der Waals surface area contributed by atoms with Crippen LogP contribution >= 0.6 is 0 Å². The Hall–Kier alpha value is -3.67. The van der Waals surface area contributed by atoms with E-state index in [1.165, 1.54) is 19.4 Å². The summed E-state index contributed by atoms with van der Waals surface area (Å²) in [4.78, 5) is 60.7. The highest BCUT2D eigenvalue weighted by atomic mass is 16.7. The minimum Gasteiger partial charge on any atom is -0.467 e. The van der Waals surface area contributed by atoms with Crippen molar-refractivity contribution in [2.45, 2.75) is 116 Å². The highest BCUT2D eigenvalue weighted by molar-refractivity contribution is 5.77. The summed E-state index contributed by atoms with van der Waals surface area (Å²) in [5.74, 6) is -1.63. The lowest BCUT2D eigenvalue weighted by molar-refractivity contribution is -0.282. The summed E-state index contributed by atoms with van der Waals surface area (Å²) in [6.07, 6.45) is -1.50. The Kier molecular flexibility index (Phi) is 9.44. The number of methoxy groups -OCH3 is 1. The third-order valence-electron chi connectivity index (χ3n) is 10.0. The number of fused-ring (bicyclic) bond motifs is 5. The van der Waals surface area contributed by atoms with Crippen LogP contribution < -0.4 is 4.74 Å². The van der Waals surface area contributed by atoms with E-state index in [-0.39, 0.29) is 17.5 Å². The lowest BCUT2D eigenvalue weighted by Gasteiger charge is -2.50. The van der Waals surface area contributed by atoms with Crippen molar-refractivity contribution in [1.82, 2.24) is 0 Å². The molecule has 10 atom stereocenters. The molecule has 0 unspecified atom stereocenters. The fraction of sp³-hybridized carbons (Fsp3) is 0.667. The molecule has 0 aromatic heterocycles. The van der Waals surface area contributed by atoms with Gasteiger partial charge in [0.15, 0.2) is 18.3 Å². The van der Waals surface area contributed by atoms with Crippen LogP contribution in [-0.2, 0) is 58.8 Å². The standard InChI is InChI=1S/C33H42O12/c1-16(34)40-26-12-11-25-24-9-7-20-15-21(8-10-22(20)23(24)13-14-33(25,26)5)44-32-30(43-19(4)37)28(42-18(3)36)27(41-17(2)35)29(45-32)31(38)39-6/h8,10,15,23-30,32H,7,9,11-14H2,1-6H3/t23-,24-,25+,26-,27+,28+,29+,30-,32-,33+/m1/s1. The molecule has 1 aromatic carbocycles. The number of carbonyl (C=O) groups is 5. The van der Waals surface area contributed by atoms with E-state index in [2.05, 4.69) is 13.0 Å². The average Bonchev–Trinajstić information content (AvgIpc) is 3.29. The fourth-order valence-electron chi connectivity index (χ4n) is 8.29. The van der Waals surface area contributed by atoms with Gasteiger partial charge in [0.05, 0.1) is 7.11 Å². The Balaban J connectivity index is 1.40. The zero-order valence-corrected chi connectivity index (χ0v) is 26.6. The van der Waals surface area contributed by atoms with Crippen LogP contribution in [0.2, 0.25) is 0 Å². The molecule has 12 heteroatoms. The Morgan fingerprint density at radius 3 is 2.09 bits per heavy atom. The maximum Gasteiger partial charge on any atom is 0.339 e. The van der Waals surface area contributed by atoms with Crippen LogP contribution in [0.3, 0.4) is 0 Å². The number of esters is 5. The zero-order chi connectivity index (χ0) is 32.6. The number of benzene rings is 1. The summed E-state index contributed by atoms with van der Waals surface area (Å²) in [6.45, 7) is 7.19. The van der Waals surface area contributed by atoms with Crippen molar-refractivity contribution in [3.63, 3.8) is 0 Å². The molecule has 5 rings (SSSR count). The van der Waals surface area contributed by atoms with E-state index >= 15 is 0 Å². The summed E-state index contributed by atoms with van der Waals surface area (Å²) in [6, 6.07) is 5.79. The first-order valence-electron chi connectivity index (χ1n) is 15.5. The minimum atomic E-state index is -1.53.